The molecule has 1 N–H and O–H groups in total. The fourth-order valence-electron chi connectivity index (χ4n) is 4.76. The monoisotopic (exact) mass is 497 g/mol. The number of imidazole rings is 1. The van der Waals surface area contributed by atoms with Crippen LogP contribution in [0.5, 0.6) is 0 Å². The number of carbonyl (C=O) groups excluding carboxylic acids is 1. The molecule has 2 aromatic carbocycles. The molecule has 0 radical (unpaired) electrons. The molecule has 10 heteroatoms. The molecule has 36 heavy (non-hydrogen) atoms. The van der Waals surface area contributed by atoms with Crippen LogP contribution >= 0.6 is 11.6 Å². The lowest BCUT2D eigenvalue weighted by Crippen LogP contribution is -2.23. The summed E-state index contributed by atoms with van der Waals surface area (Å²) >= 11 is 6.29. The summed E-state index contributed by atoms with van der Waals surface area (Å²) in [5, 5.41) is 12.0. The number of Topliss-reactive ketones (excluding diaryl/α,β-unsaturated/α-hetero) is 1. The maximum atomic E-state index is 13.4. The Balaban J connectivity index is 1.35. The van der Waals surface area contributed by atoms with Crippen LogP contribution in [0.2, 0.25) is 5.02 Å². The van der Waals surface area contributed by atoms with E-state index in [1.165, 1.54) is 6.33 Å². The highest BCUT2D eigenvalue weighted by atomic mass is 35.5. The van der Waals surface area contributed by atoms with Crippen LogP contribution in [0.3, 0.4) is 0 Å². The second kappa shape index (κ2) is 8.69. The zero-order valence-corrected chi connectivity index (χ0v) is 20.0. The van der Waals surface area contributed by atoms with E-state index in [0.29, 0.717) is 10.6 Å². The molecule has 5 aromatic rings. The summed E-state index contributed by atoms with van der Waals surface area (Å²) in [7, 11) is 0. The van der Waals surface area contributed by atoms with E-state index in [-0.39, 0.29) is 17.4 Å². The molecular formula is C26H20ClN7O2. The van der Waals surface area contributed by atoms with Gasteiger partial charge >= 0.3 is 0 Å². The van der Waals surface area contributed by atoms with Gasteiger partial charge in [-0.25, -0.2) is 4.98 Å². The Bertz CT molecular complexity index is 1650. The first kappa shape index (κ1) is 22.1. The third-order valence-corrected chi connectivity index (χ3v) is 6.75. The predicted molar refractivity (Wildman–Crippen MR) is 134 cm³/mol. The third kappa shape index (κ3) is 3.83. The van der Waals surface area contributed by atoms with Crippen molar-refractivity contribution in [3.05, 3.63) is 99.6 Å². The van der Waals surface area contributed by atoms with Crippen LogP contribution in [0.4, 0.5) is 0 Å². The molecule has 0 spiro atoms. The number of benzene rings is 2. The third-order valence-electron chi connectivity index (χ3n) is 6.51. The van der Waals surface area contributed by atoms with Crippen molar-refractivity contribution < 1.29 is 4.79 Å². The summed E-state index contributed by atoms with van der Waals surface area (Å²) in [5.41, 5.74) is 5.49. The smallest absolute Gasteiger partial charge is 0.252 e. The molecule has 0 amide bonds. The number of aromatic nitrogens is 7. The van der Waals surface area contributed by atoms with Gasteiger partial charge in [0.1, 0.15) is 12.2 Å². The summed E-state index contributed by atoms with van der Waals surface area (Å²) < 4.78 is 3.35. The highest BCUT2D eigenvalue weighted by molar-refractivity contribution is 6.31. The molecular weight excluding hydrogens is 478 g/mol. The van der Waals surface area contributed by atoms with Crippen LogP contribution in [0.15, 0.2) is 71.9 Å². The standard InChI is InChI=1S/C26H20ClN7O2/c1-15(35)16-2-4-17(5-3-16)22-13-28-26(30-22)24-9-7-20-10-18(11-25(36)34(20)24)21-12-19(27)6-8-23(21)33-14-29-31-32-33/h2-6,8,10-14,24H,7,9H2,1H3,(H,28,30)/t24-/m0/s1. The minimum atomic E-state index is -0.190. The van der Waals surface area contributed by atoms with E-state index in [1.807, 2.05) is 30.3 Å². The number of hydrogen-bond acceptors (Lipinski definition) is 6. The molecule has 9 nitrogen and oxygen atoms in total. The summed E-state index contributed by atoms with van der Waals surface area (Å²) in [6.45, 7) is 1.54. The zero-order chi connectivity index (χ0) is 24.8. The summed E-state index contributed by atoms with van der Waals surface area (Å²) in [6, 6.07) is 16.2. The number of rotatable bonds is 5. The number of fused-ring (bicyclic) bond motifs is 1. The van der Waals surface area contributed by atoms with Crippen LogP contribution in [-0.4, -0.2) is 40.5 Å². The number of aryl methyl sites for hydroxylation is 1. The van der Waals surface area contributed by atoms with E-state index in [0.717, 1.165) is 52.4 Å². The van der Waals surface area contributed by atoms with Crippen molar-refractivity contribution in [1.29, 1.82) is 0 Å². The van der Waals surface area contributed by atoms with Gasteiger partial charge in [0, 0.05) is 27.9 Å². The normalized spacial score (nSPS) is 14.7. The molecule has 6 rings (SSSR count). The fourth-order valence-corrected chi connectivity index (χ4v) is 4.93. The van der Waals surface area contributed by atoms with Crippen LogP contribution in [-0.2, 0) is 6.42 Å². The Morgan fingerprint density at radius 1 is 1.08 bits per heavy atom. The summed E-state index contributed by atoms with van der Waals surface area (Å²) in [4.78, 5) is 32.9. The second-order valence-corrected chi connectivity index (χ2v) is 9.17. The molecule has 3 aromatic heterocycles. The van der Waals surface area contributed by atoms with Crippen LogP contribution < -0.4 is 5.56 Å². The van der Waals surface area contributed by atoms with Gasteiger partial charge in [-0.2, -0.15) is 4.68 Å². The molecule has 1 aliphatic heterocycles. The lowest BCUT2D eigenvalue weighted by Gasteiger charge is -2.15. The number of carbonyl (C=O) groups is 1. The lowest BCUT2D eigenvalue weighted by atomic mass is 10.0. The van der Waals surface area contributed by atoms with Crippen molar-refractivity contribution in [3.8, 4) is 28.1 Å². The SMILES string of the molecule is CC(=O)c1ccc(-c2cnc([C@@H]3CCc4cc(-c5cc(Cl)ccc5-n5cnnn5)cc(=O)n43)[nH]2)cc1. The van der Waals surface area contributed by atoms with Gasteiger partial charge < -0.3 is 9.55 Å². The van der Waals surface area contributed by atoms with Gasteiger partial charge in [-0.15, -0.1) is 5.10 Å². The first-order valence-corrected chi connectivity index (χ1v) is 11.8. The first-order valence-electron chi connectivity index (χ1n) is 11.4. The Morgan fingerprint density at radius 3 is 2.67 bits per heavy atom. The summed E-state index contributed by atoms with van der Waals surface area (Å²) in [6.07, 6.45) is 4.76. The number of ketones is 1. The van der Waals surface area contributed by atoms with E-state index >= 15 is 0 Å². The molecule has 0 unspecified atom stereocenters. The van der Waals surface area contributed by atoms with Crippen molar-refractivity contribution >= 4 is 17.4 Å². The molecule has 0 saturated heterocycles. The Hall–Kier alpha value is -4.37. The van der Waals surface area contributed by atoms with E-state index in [4.69, 9.17) is 11.6 Å². The van der Waals surface area contributed by atoms with E-state index < -0.39 is 0 Å². The van der Waals surface area contributed by atoms with E-state index in [2.05, 4.69) is 25.5 Å². The molecule has 4 heterocycles. The van der Waals surface area contributed by atoms with Crippen LogP contribution in [0.1, 0.15) is 41.3 Å². The molecule has 0 saturated carbocycles. The largest absolute Gasteiger partial charge is 0.340 e. The number of halogens is 1. The molecule has 0 fully saturated rings. The number of nitrogens with one attached hydrogen (secondary N) is 1. The minimum absolute atomic E-state index is 0.0241. The number of aromatic amines is 1. The fraction of sp³-hybridized carbons (Fsp3) is 0.154. The van der Waals surface area contributed by atoms with Crippen molar-refractivity contribution in [2.45, 2.75) is 25.8 Å². The van der Waals surface area contributed by atoms with Crippen LogP contribution in [0, 0.1) is 0 Å². The number of H-pyrrole nitrogens is 1. The van der Waals surface area contributed by atoms with Crippen molar-refractivity contribution in [2.75, 3.05) is 0 Å². The van der Waals surface area contributed by atoms with Gasteiger partial charge in [-0.3, -0.25) is 9.59 Å². The number of pyridine rings is 1. The lowest BCUT2D eigenvalue weighted by molar-refractivity contribution is 0.101. The van der Waals surface area contributed by atoms with E-state index in [1.54, 1.807) is 46.6 Å². The zero-order valence-electron chi connectivity index (χ0n) is 19.2. The maximum Gasteiger partial charge on any atom is 0.252 e. The predicted octanol–water partition coefficient (Wildman–Crippen LogP) is 4.27. The topological polar surface area (TPSA) is 111 Å². The van der Waals surface area contributed by atoms with Gasteiger partial charge in [0.15, 0.2) is 5.78 Å². The molecule has 0 bridgehead atoms. The minimum Gasteiger partial charge on any atom is -0.340 e. The molecule has 178 valence electrons. The van der Waals surface area contributed by atoms with Gasteiger partial charge in [0.05, 0.1) is 23.6 Å². The number of nitrogens with zero attached hydrogens (tertiary/aromatic N) is 6. The first-order chi connectivity index (χ1) is 17.5. The molecule has 0 aliphatic carbocycles. The Kier molecular flexibility index (Phi) is 5.34. The van der Waals surface area contributed by atoms with Crippen molar-refractivity contribution in [2.24, 2.45) is 0 Å². The van der Waals surface area contributed by atoms with Gasteiger partial charge in [0.25, 0.3) is 5.56 Å². The Morgan fingerprint density at radius 2 is 1.92 bits per heavy atom. The average molecular weight is 498 g/mol. The van der Waals surface area contributed by atoms with E-state index in [9.17, 15) is 9.59 Å². The van der Waals surface area contributed by atoms with Crippen molar-refractivity contribution in [1.82, 2.24) is 34.7 Å². The highest BCUT2D eigenvalue weighted by Gasteiger charge is 2.28. The summed E-state index contributed by atoms with van der Waals surface area (Å²) in [5.74, 6) is 0.752. The second-order valence-electron chi connectivity index (χ2n) is 8.73. The van der Waals surface area contributed by atoms with Crippen LogP contribution in [0.25, 0.3) is 28.1 Å². The molecule has 1 aliphatic rings. The average Bonchev–Trinajstić information content (AvgIpc) is 3.64. The Labute approximate surface area is 210 Å². The number of tetrazole rings is 1. The van der Waals surface area contributed by atoms with Gasteiger partial charge in [-0.05, 0) is 65.6 Å². The van der Waals surface area contributed by atoms with Gasteiger partial charge in [-0.1, -0.05) is 35.9 Å². The maximum absolute atomic E-state index is 13.4. The van der Waals surface area contributed by atoms with Crippen molar-refractivity contribution in [3.63, 3.8) is 0 Å². The quantitative estimate of drug-likeness (QED) is 0.363. The van der Waals surface area contributed by atoms with Gasteiger partial charge in [0.2, 0.25) is 0 Å². The highest BCUT2D eigenvalue weighted by Crippen LogP contribution is 2.34. The number of hydrogen-bond donors (Lipinski definition) is 1. The molecule has 1 atom stereocenters.